The molecule has 19 heavy (non-hydrogen) atoms. The fraction of sp³-hybridized carbons (Fsp3) is 0. The summed E-state index contributed by atoms with van der Waals surface area (Å²) in [6.45, 7) is 0. The smallest absolute Gasteiger partial charge is 0.267 e. The number of ether oxygens (including phenoxy) is 1. The van der Waals surface area contributed by atoms with Crippen LogP contribution in [-0.2, 0) is 0 Å². The van der Waals surface area contributed by atoms with Crippen molar-refractivity contribution in [2.45, 2.75) is 0 Å². The van der Waals surface area contributed by atoms with Gasteiger partial charge in [-0.2, -0.15) is 5.26 Å². The molecule has 0 radical (unpaired) electrons. The van der Waals surface area contributed by atoms with Crippen molar-refractivity contribution in [2.75, 3.05) is 5.73 Å². The number of nitrogens with two attached hydrogens (primary N) is 2. The van der Waals surface area contributed by atoms with E-state index in [1.807, 2.05) is 6.07 Å². The highest BCUT2D eigenvalue weighted by molar-refractivity contribution is 5.91. The number of carbonyl (C=O) groups excluding carboxylic acids is 1. The molecule has 94 valence electrons. The van der Waals surface area contributed by atoms with Crippen molar-refractivity contribution in [1.29, 1.82) is 5.26 Å². The van der Waals surface area contributed by atoms with Gasteiger partial charge in [0.25, 0.3) is 5.91 Å². The Morgan fingerprint density at radius 2 is 2.00 bits per heavy atom. The van der Waals surface area contributed by atoms with Crippen LogP contribution in [0.5, 0.6) is 11.6 Å². The maximum atomic E-state index is 11.1. The fourth-order valence-electron chi connectivity index (χ4n) is 1.42. The molecule has 6 heteroatoms. The number of carbonyl (C=O) groups is 1. The molecule has 0 spiro atoms. The van der Waals surface area contributed by atoms with Crippen molar-refractivity contribution in [3.05, 3.63) is 47.7 Å². The summed E-state index contributed by atoms with van der Waals surface area (Å²) in [5.41, 5.74) is 11.5. The minimum atomic E-state index is -0.682. The summed E-state index contributed by atoms with van der Waals surface area (Å²) in [7, 11) is 0. The number of nitrogen functional groups attached to an aromatic ring is 1. The third-order valence-electron chi connectivity index (χ3n) is 2.36. The second-order valence-corrected chi connectivity index (χ2v) is 3.67. The van der Waals surface area contributed by atoms with Gasteiger partial charge in [0.15, 0.2) is 0 Å². The van der Waals surface area contributed by atoms with E-state index in [0.717, 1.165) is 0 Å². The van der Waals surface area contributed by atoms with Crippen LogP contribution in [-0.4, -0.2) is 10.9 Å². The number of hydrogen-bond donors (Lipinski definition) is 2. The summed E-state index contributed by atoms with van der Waals surface area (Å²) in [6, 6.07) is 11.5. The normalized spacial score (nSPS) is 9.63. The summed E-state index contributed by atoms with van der Waals surface area (Å²) < 4.78 is 5.46. The highest BCUT2D eigenvalue weighted by Gasteiger charge is 2.11. The summed E-state index contributed by atoms with van der Waals surface area (Å²) in [5, 5.41) is 8.95. The van der Waals surface area contributed by atoms with Crippen LogP contribution in [0.25, 0.3) is 0 Å². The highest BCUT2D eigenvalue weighted by atomic mass is 16.5. The summed E-state index contributed by atoms with van der Waals surface area (Å²) in [4.78, 5) is 15.0. The van der Waals surface area contributed by atoms with Crippen LogP contribution in [0.15, 0.2) is 36.4 Å². The van der Waals surface area contributed by atoms with E-state index in [1.54, 1.807) is 24.3 Å². The first-order valence-corrected chi connectivity index (χ1v) is 5.35. The Morgan fingerprint density at radius 1 is 1.26 bits per heavy atom. The van der Waals surface area contributed by atoms with Gasteiger partial charge in [0.2, 0.25) is 5.88 Å². The lowest BCUT2D eigenvalue weighted by atomic mass is 10.2. The first-order chi connectivity index (χ1) is 9.11. The number of amides is 1. The Balaban J connectivity index is 2.41. The average molecular weight is 254 g/mol. The molecule has 2 aromatic rings. The van der Waals surface area contributed by atoms with Crippen LogP contribution in [0.1, 0.15) is 16.1 Å². The Hall–Kier alpha value is -3.07. The van der Waals surface area contributed by atoms with Gasteiger partial charge >= 0.3 is 0 Å². The number of rotatable bonds is 3. The molecule has 0 bridgehead atoms. The van der Waals surface area contributed by atoms with Crippen molar-refractivity contribution < 1.29 is 9.53 Å². The van der Waals surface area contributed by atoms with Gasteiger partial charge in [-0.05, 0) is 24.3 Å². The molecule has 1 heterocycles. The lowest BCUT2D eigenvalue weighted by molar-refractivity contribution is 0.0995. The van der Waals surface area contributed by atoms with E-state index in [4.69, 9.17) is 21.5 Å². The van der Waals surface area contributed by atoms with E-state index in [2.05, 4.69) is 4.98 Å². The van der Waals surface area contributed by atoms with Crippen molar-refractivity contribution >= 4 is 11.6 Å². The molecule has 1 aromatic carbocycles. The van der Waals surface area contributed by atoms with Gasteiger partial charge in [0.05, 0.1) is 11.3 Å². The summed E-state index contributed by atoms with van der Waals surface area (Å²) in [5.74, 6) is -0.330. The van der Waals surface area contributed by atoms with E-state index in [-0.39, 0.29) is 17.3 Å². The lowest BCUT2D eigenvalue weighted by Gasteiger charge is -2.09. The average Bonchev–Trinajstić information content (AvgIpc) is 2.41. The Morgan fingerprint density at radius 3 is 2.68 bits per heavy atom. The highest BCUT2D eigenvalue weighted by Crippen LogP contribution is 2.27. The summed E-state index contributed by atoms with van der Waals surface area (Å²) in [6.07, 6.45) is 0. The molecular formula is C13H10N4O2. The SMILES string of the molecule is N#Cc1ccccc1Oc1nc(C(N)=O)ccc1N. The van der Waals surface area contributed by atoms with E-state index in [9.17, 15) is 4.79 Å². The number of nitriles is 1. The Kier molecular flexibility index (Phi) is 3.30. The largest absolute Gasteiger partial charge is 0.436 e. The number of aromatic nitrogens is 1. The third kappa shape index (κ3) is 2.61. The van der Waals surface area contributed by atoms with Gasteiger partial charge < -0.3 is 16.2 Å². The quantitative estimate of drug-likeness (QED) is 0.859. The van der Waals surface area contributed by atoms with Gasteiger partial charge in [-0.25, -0.2) is 4.98 Å². The van der Waals surface area contributed by atoms with Crippen LogP contribution in [0.2, 0.25) is 0 Å². The molecule has 0 aliphatic heterocycles. The number of nitrogens with zero attached hydrogens (tertiary/aromatic N) is 2. The molecule has 0 unspecified atom stereocenters. The van der Waals surface area contributed by atoms with E-state index < -0.39 is 5.91 Å². The number of benzene rings is 1. The molecule has 0 atom stereocenters. The summed E-state index contributed by atoms with van der Waals surface area (Å²) >= 11 is 0. The third-order valence-corrected chi connectivity index (χ3v) is 2.36. The molecule has 2 rings (SSSR count). The molecular weight excluding hydrogens is 244 g/mol. The van der Waals surface area contributed by atoms with Crippen LogP contribution < -0.4 is 16.2 Å². The molecule has 4 N–H and O–H groups in total. The topological polar surface area (TPSA) is 115 Å². The maximum Gasteiger partial charge on any atom is 0.267 e. The molecule has 0 saturated carbocycles. The number of para-hydroxylation sites is 1. The zero-order valence-corrected chi connectivity index (χ0v) is 9.83. The van der Waals surface area contributed by atoms with Gasteiger partial charge in [0.1, 0.15) is 17.5 Å². The van der Waals surface area contributed by atoms with E-state index >= 15 is 0 Å². The van der Waals surface area contributed by atoms with Crippen molar-refractivity contribution in [3.8, 4) is 17.7 Å². The van der Waals surface area contributed by atoms with Crippen LogP contribution in [0.3, 0.4) is 0 Å². The zero-order valence-electron chi connectivity index (χ0n) is 9.83. The molecule has 0 fully saturated rings. The van der Waals surface area contributed by atoms with Crippen molar-refractivity contribution in [3.63, 3.8) is 0 Å². The number of pyridine rings is 1. The van der Waals surface area contributed by atoms with Crippen molar-refractivity contribution in [1.82, 2.24) is 4.98 Å². The second-order valence-electron chi connectivity index (χ2n) is 3.67. The number of primary amides is 1. The molecule has 1 aromatic heterocycles. The van der Waals surface area contributed by atoms with Crippen LogP contribution in [0, 0.1) is 11.3 Å². The first kappa shape index (κ1) is 12.4. The van der Waals surface area contributed by atoms with Gasteiger partial charge in [-0.1, -0.05) is 12.1 Å². The Bertz CT molecular complexity index is 677. The number of anilines is 1. The van der Waals surface area contributed by atoms with Crippen LogP contribution >= 0.6 is 0 Å². The van der Waals surface area contributed by atoms with Crippen molar-refractivity contribution in [2.24, 2.45) is 5.73 Å². The van der Waals surface area contributed by atoms with E-state index in [1.165, 1.54) is 12.1 Å². The van der Waals surface area contributed by atoms with Gasteiger partial charge in [-0.15, -0.1) is 0 Å². The van der Waals surface area contributed by atoms with Gasteiger partial charge in [0, 0.05) is 0 Å². The van der Waals surface area contributed by atoms with Crippen LogP contribution in [0.4, 0.5) is 5.69 Å². The predicted molar refractivity (Wildman–Crippen MR) is 68.4 cm³/mol. The molecule has 0 saturated heterocycles. The molecule has 0 aliphatic rings. The Labute approximate surface area is 109 Å². The van der Waals surface area contributed by atoms with E-state index in [0.29, 0.717) is 11.3 Å². The zero-order chi connectivity index (χ0) is 13.8. The maximum absolute atomic E-state index is 11.1. The minimum absolute atomic E-state index is 0.0404. The fourth-order valence-corrected chi connectivity index (χ4v) is 1.42. The molecule has 0 aliphatic carbocycles. The molecule has 6 nitrogen and oxygen atoms in total. The van der Waals surface area contributed by atoms with Gasteiger partial charge in [-0.3, -0.25) is 4.79 Å². The molecule has 1 amide bonds. The lowest BCUT2D eigenvalue weighted by Crippen LogP contribution is -2.13. The number of hydrogen-bond acceptors (Lipinski definition) is 5. The predicted octanol–water partition coefficient (Wildman–Crippen LogP) is 1.43. The second kappa shape index (κ2) is 5.06. The first-order valence-electron chi connectivity index (χ1n) is 5.35. The standard InChI is InChI=1S/C13H10N4O2/c14-7-8-3-1-2-4-11(8)19-13-9(15)5-6-10(17-13)12(16)18/h1-6H,15H2,(H2,16,18). The minimum Gasteiger partial charge on any atom is -0.436 e. The monoisotopic (exact) mass is 254 g/mol.